The van der Waals surface area contributed by atoms with Crippen molar-refractivity contribution in [2.45, 2.75) is 59.8 Å². The van der Waals surface area contributed by atoms with Gasteiger partial charge in [0.1, 0.15) is 5.78 Å². The maximum atomic E-state index is 12.3. The molecule has 0 amide bonds. The van der Waals surface area contributed by atoms with Crippen LogP contribution in [-0.2, 0) is 4.79 Å². The lowest BCUT2D eigenvalue weighted by molar-refractivity contribution is -0.128. The molecule has 0 spiro atoms. The fourth-order valence-corrected chi connectivity index (χ4v) is 2.45. The number of carbonyl (C=O) groups is 1. The summed E-state index contributed by atoms with van der Waals surface area (Å²) in [4.78, 5) is 12.3. The van der Waals surface area contributed by atoms with Gasteiger partial charge in [0.05, 0.1) is 0 Å². The molecular weight excluding hydrogens is 208 g/mol. The molecule has 0 heterocycles. The van der Waals surface area contributed by atoms with Gasteiger partial charge in [-0.05, 0) is 53.4 Å². The third-order valence-electron chi connectivity index (χ3n) is 3.53. The number of ketones is 1. The fraction of sp³-hybridized carbons (Fsp3) is 0.688. The zero-order valence-electron chi connectivity index (χ0n) is 11.8. The molecule has 1 rings (SSSR count). The third-order valence-corrected chi connectivity index (χ3v) is 3.53. The monoisotopic (exact) mass is 234 g/mol. The molecule has 0 bridgehead atoms. The average molecular weight is 234 g/mol. The van der Waals surface area contributed by atoms with E-state index in [4.69, 9.17) is 0 Å². The highest BCUT2D eigenvalue weighted by molar-refractivity contribution is 5.84. The summed E-state index contributed by atoms with van der Waals surface area (Å²) in [5.41, 5.74) is 2.65. The molecule has 2 unspecified atom stereocenters. The third kappa shape index (κ3) is 4.89. The molecule has 1 saturated carbocycles. The Hall–Kier alpha value is -0.850. The Morgan fingerprint density at radius 1 is 1.00 bits per heavy atom. The number of Topliss-reactive ketones (excluding diaryl/α,β-unsaturated/α-hetero) is 1. The lowest BCUT2D eigenvalue weighted by Crippen LogP contribution is -2.27. The lowest BCUT2D eigenvalue weighted by atomic mass is 9.77. The molecule has 0 aromatic carbocycles. The van der Waals surface area contributed by atoms with E-state index in [-0.39, 0.29) is 11.8 Å². The van der Waals surface area contributed by atoms with Gasteiger partial charge in [0.25, 0.3) is 0 Å². The molecule has 1 nitrogen and oxygen atoms in total. The van der Waals surface area contributed by atoms with Crippen molar-refractivity contribution in [2.75, 3.05) is 0 Å². The van der Waals surface area contributed by atoms with Crippen molar-refractivity contribution >= 4 is 5.78 Å². The predicted molar refractivity (Wildman–Crippen MR) is 73.9 cm³/mol. The Morgan fingerprint density at radius 2 is 1.41 bits per heavy atom. The standard InChI is InChI=1S/C16H26O/c1-12(2)8-10-14-6-5-7-15(16(14)17)11-9-13(3)4/h8-9,14-15H,5-7,10-11H2,1-4H3. The summed E-state index contributed by atoms with van der Waals surface area (Å²) >= 11 is 0. The zero-order chi connectivity index (χ0) is 12.8. The van der Waals surface area contributed by atoms with Gasteiger partial charge in [0, 0.05) is 11.8 Å². The van der Waals surface area contributed by atoms with Crippen LogP contribution in [0.3, 0.4) is 0 Å². The van der Waals surface area contributed by atoms with Crippen LogP contribution in [0.5, 0.6) is 0 Å². The van der Waals surface area contributed by atoms with E-state index >= 15 is 0 Å². The number of allylic oxidation sites excluding steroid dienone is 4. The summed E-state index contributed by atoms with van der Waals surface area (Å²) in [5.74, 6) is 1.08. The Morgan fingerprint density at radius 3 is 1.76 bits per heavy atom. The van der Waals surface area contributed by atoms with E-state index in [1.165, 1.54) is 17.6 Å². The lowest BCUT2D eigenvalue weighted by Gasteiger charge is -2.26. The van der Waals surface area contributed by atoms with Gasteiger partial charge in [0.2, 0.25) is 0 Å². The summed E-state index contributed by atoms with van der Waals surface area (Å²) in [6.07, 6.45) is 9.73. The molecule has 1 heteroatoms. The van der Waals surface area contributed by atoms with Crippen LogP contribution >= 0.6 is 0 Å². The van der Waals surface area contributed by atoms with E-state index in [0.29, 0.717) is 5.78 Å². The molecule has 1 fully saturated rings. The van der Waals surface area contributed by atoms with Crippen molar-refractivity contribution in [1.82, 2.24) is 0 Å². The summed E-state index contributed by atoms with van der Waals surface area (Å²) in [5, 5.41) is 0. The van der Waals surface area contributed by atoms with Crippen molar-refractivity contribution < 1.29 is 4.79 Å². The van der Waals surface area contributed by atoms with Gasteiger partial charge in [-0.1, -0.05) is 29.7 Å². The number of rotatable bonds is 4. The fourth-order valence-electron chi connectivity index (χ4n) is 2.45. The summed E-state index contributed by atoms with van der Waals surface area (Å²) in [7, 11) is 0. The first-order valence-corrected chi connectivity index (χ1v) is 6.81. The van der Waals surface area contributed by atoms with Crippen LogP contribution in [0.15, 0.2) is 23.3 Å². The van der Waals surface area contributed by atoms with Gasteiger partial charge in [0.15, 0.2) is 0 Å². The van der Waals surface area contributed by atoms with Gasteiger partial charge in [-0.25, -0.2) is 0 Å². The highest BCUT2D eigenvalue weighted by Crippen LogP contribution is 2.31. The van der Waals surface area contributed by atoms with Gasteiger partial charge >= 0.3 is 0 Å². The van der Waals surface area contributed by atoms with E-state index in [1.807, 2.05) is 0 Å². The molecule has 2 atom stereocenters. The molecule has 17 heavy (non-hydrogen) atoms. The summed E-state index contributed by atoms with van der Waals surface area (Å²) in [6.45, 7) is 8.42. The maximum Gasteiger partial charge on any atom is 0.139 e. The highest BCUT2D eigenvalue weighted by Gasteiger charge is 2.29. The molecule has 0 aromatic rings. The maximum absolute atomic E-state index is 12.3. The largest absolute Gasteiger partial charge is 0.299 e. The SMILES string of the molecule is CC(C)=CCC1CCCC(CC=C(C)C)C1=O. The second kappa shape index (κ2) is 6.78. The van der Waals surface area contributed by atoms with E-state index in [2.05, 4.69) is 39.8 Å². The van der Waals surface area contributed by atoms with Crippen molar-refractivity contribution in [2.24, 2.45) is 11.8 Å². The molecule has 0 aliphatic heterocycles. The van der Waals surface area contributed by atoms with E-state index < -0.39 is 0 Å². The molecule has 0 N–H and O–H groups in total. The minimum Gasteiger partial charge on any atom is -0.299 e. The Bertz CT molecular complexity index is 284. The average Bonchev–Trinajstić information content (AvgIpc) is 2.25. The first-order chi connectivity index (χ1) is 8.00. The minimum absolute atomic E-state index is 0.286. The molecule has 0 radical (unpaired) electrons. The Kier molecular flexibility index (Phi) is 5.67. The van der Waals surface area contributed by atoms with Crippen molar-refractivity contribution in [3.8, 4) is 0 Å². The van der Waals surface area contributed by atoms with Gasteiger partial charge in [-0.15, -0.1) is 0 Å². The van der Waals surface area contributed by atoms with Crippen molar-refractivity contribution in [3.05, 3.63) is 23.3 Å². The van der Waals surface area contributed by atoms with Crippen LogP contribution < -0.4 is 0 Å². The second-order valence-corrected chi connectivity index (χ2v) is 5.76. The second-order valence-electron chi connectivity index (χ2n) is 5.76. The molecule has 0 aromatic heterocycles. The van der Waals surface area contributed by atoms with Crippen molar-refractivity contribution in [1.29, 1.82) is 0 Å². The van der Waals surface area contributed by atoms with E-state index in [0.717, 1.165) is 25.7 Å². The smallest absolute Gasteiger partial charge is 0.139 e. The quantitative estimate of drug-likeness (QED) is 0.645. The van der Waals surface area contributed by atoms with Gasteiger partial charge in [-0.2, -0.15) is 0 Å². The van der Waals surface area contributed by atoms with Crippen LogP contribution in [-0.4, -0.2) is 5.78 Å². The van der Waals surface area contributed by atoms with Crippen LogP contribution in [0, 0.1) is 11.8 Å². The normalized spacial score (nSPS) is 24.4. The van der Waals surface area contributed by atoms with Gasteiger partial charge < -0.3 is 0 Å². The van der Waals surface area contributed by atoms with Crippen LogP contribution in [0.4, 0.5) is 0 Å². The molecular formula is C16H26O. The summed E-state index contributed by atoms with van der Waals surface area (Å²) < 4.78 is 0. The molecule has 1 aliphatic rings. The Labute approximate surface area is 106 Å². The van der Waals surface area contributed by atoms with Crippen LogP contribution in [0.1, 0.15) is 59.8 Å². The van der Waals surface area contributed by atoms with Crippen LogP contribution in [0.25, 0.3) is 0 Å². The zero-order valence-corrected chi connectivity index (χ0v) is 11.8. The van der Waals surface area contributed by atoms with E-state index in [1.54, 1.807) is 0 Å². The first kappa shape index (κ1) is 14.2. The first-order valence-electron chi connectivity index (χ1n) is 6.81. The number of hydrogen-bond acceptors (Lipinski definition) is 1. The van der Waals surface area contributed by atoms with Crippen LogP contribution in [0.2, 0.25) is 0 Å². The number of carbonyl (C=O) groups excluding carboxylic acids is 1. The topological polar surface area (TPSA) is 17.1 Å². The molecule has 1 aliphatic carbocycles. The van der Waals surface area contributed by atoms with Crippen molar-refractivity contribution in [3.63, 3.8) is 0 Å². The van der Waals surface area contributed by atoms with E-state index in [9.17, 15) is 4.79 Å². The number of hydrogen-bond donors (Lipinski definition) is 0. The predicted octanol–water partition coefficient (Wildman–Crippen LogP) is 4.68. The van der Waals surface area contributed by atoms with Gasteiger partial charge in [-0.3, -0.25) is 4.79 Å². The highest BCUT2D eigenvalue weighted by atomic mass is 16.1. The Balaban J connectivity index is 2.56. The summed E-state index contributed by atoms with van der Waals surface area (Å²) in [6, 6.07) is 0. The molecule has 96 valence electrons. The minimum atomic E-state index is 0.286. The molecule has 0 saturated heterocycles.